The van der Waals surface area contributed by atoms with Crippen molar-refractivity contribution in [1.82, 2.24) is 9.21 Å². The Balaban J connectivity index is 1.91. The van der Waals surface area contributed by atoms with Crippen LogP contribution in [-0.2, 0) is 14.8 Å². The summed E-state index contributed by atoms with van der Waals surface area (Å²) >= 11 is 0. The van der Waals surface area contributed by atoms with Crippen molar-refractivity contribution in [2.45, 2.75) is 23.8 Å². The van der Waals surface area contributed by atoms with Crippen LogP contribution in [0.2, 0.25) is 0 Å². The number of hydrogen-bond donors (Lipinski definition) is 1. The smallest absolute Gasteiger partial charge is 0.269 e. The Bertz CT molecular complexity index is 740. The van der Waals surface area contributed by atoms with Crippen molar-refractivity contribution < 1.29 is 18.0 Å². The van der Waals surface area contributed by atoms with Gasteiger partial charge in [-0.15, -0.1) is 0 Å². The summed E-state index contributed by atoms with van der Waals surface area (Å²) in [6.45, 7) is -0.469. The number of carbonyl (C=O) groups excluding carboxylic acids is 2. The van der Waals surface area contributed by atoms with Gasteiger partial charge in [0.05, 0.1) is 5.56 Å². The minimum Gasteiger partial charge on any atom is -0.399 e. The van der Waals surface area contributed by atoms with Gasteiger partial charge in [-0.2, -0.15) is 0 Å². The van der Waals surface area contributed by atoms with E-state index in [1.807, 2.05) is 0 Å². The predicted molar refractivity (Wildman–Crippen MR) is 74.9 cm³/mol. The van der Waals surface area contributed by atoms with E-state index in [1.165, 1.54) is 23.1 Å². The molecule has 0 atom stereocenters. The number of carbonyl (C=O) groups is 2. The third-order valence-corrected chi connectivity index (χ3v) is 5.57. The molecule has 1 aliphatic heterocycles. The molecular formula is C13H15N3O4S. The van der Waals surface area contributed by atoms with Gasteiger partial charge in [0.2, 0.25) is 5.91 Å². The summed E-state index contributed by atoms with van der Waals surface area (Å²) in [5.74, 6) is -1.06. The van der Waals surface area contributed by atoms with Crippen molar-refractivity contribution in [3.05, 3.63) is 23.8 Å². The lowest BCUT2D eigenvalue weighted by Crippen LogP contribution is -2.41. The number of nitrogens with zero attached hydrogens (tertiary/aromatic N) is 2. The first-order valence-corrected chi connectivity index (χ1v) is 7.98. The highest BCUT2D eigenvalue weighted by Crippen LogP contribution is 2.32. The molecule has 21 heavy (non-hydrogen) atoms. The van der Waals surface area contributed by atoms with E-state index in [9.17, 15) is 18.0 Å². The minimum atomic E-state index is -4.00. The number of nitrogens with two attached hydrogens (primary N) is 1. The average molecular weight is 309 g/mol. The first-order chi connectivity index (χ1) is 9.82. The topological polar surface area (TPSA) is 101 Å². The van der Waals surface area contributed by atoms with Crippen LogP contribution >= 0.6 is 0 Å². The van der Waals surface area contributed by atoms with Crippen LogP contribution in [0.3, 0.4) is 0 Å². The third kappa shape index (κ3) is 2.15. The van der Waals surface area contributed by atoms with Crippen LogP contribution in [0.25, 0.3) is 0 Å². The molecule has 1 saturated carbocycles. The highest BCUT2D eigenvalue weighted by molar-refractivity contribution is 7.90. The van der Waals surface area contributed by atoms with Gasteiger partial charge in [-0.3, -0.25) is 9.59 Å². The maximum Gasteiger partial charge on any atom is 0.269 e. The molecule has 1 aromatic rings. The van der Waals surface area contributed by atoms with Crippen LogP contribution in [0, 0.1) is 0 Å². The summed E-state index contributed by atoms with van der Waals surface area (Å²) in [4.78, 5) is 25.6. The van der Waals surface area contributed by atoms with Gasteiger partial charge in [-0.1, -0.05) is 0 Å². The van der Waals surface area contributed by atoms with Crippen molar-refractivity contribution in [3.8, 4) is 0 Å². The first-order valence-electron chi connectivity index (χ1n) is 6.54. The molecular weight excluding hydrogens is 294 g/mol. The van der Waals surface area contributed by atoms with Crippen LogP contribution in [0.4, 0.5) is 5.69 Å². The van der Waals surface area contributed by atoms with E-state index in [0.29, 0.717) is 4.31 Å². The number of amides is 2. The molecule has 3 rings (SSSR count). The van der Waals surface area contributed by atoms with E-state index in [4.69, 9.17) is 5.73 Å². The van der Waals surface area contributed by atoms with E-state index in [-0.39, 0.29) is 28.1 Å². The second kappa shape index (κ2) is 4.45. The van der Waals surface area contributed by atoms with E-state index >= 15 is 0 Å². The van der Waals surface area contributed by atoms with Gasteiger partial charge in [-0.05, 0) is 31.0 Å². The zero-order valence-electron chi connectivity index (χ0n) is 11.4. The Labute approximate surface area is 122 Å². The second-order valence-corrected chi connectivity index (χ2v) is 7.14. The Morgan fingerprint density at radius 1 is 1.43 bits per heavy atom. The molecule has 112 valence electrons. The highest BCUT2D eigenvalue weighted by Gasteiger charge is 2.43. The highest BCUT2D eigenvalue weighted by atomic mass is 32.2. The van der Waals surface area contributed by atoms with Crippen LogP contribution in [0.1, 0.15) is 23.2 Å². The molecule has 1 fully saturated rings. The molecule has 1 aromatic carbocycles. The van der Waals surface area contributed by atoms with Gasteiger partial charge in [-0.25, -0.2) is 12.7 Å². The maximum absolute atomic E-state index is 12.4. The largest absolute Gasteiger partial charge is 0.399 e. The normalized spacial score (nSPS) is 19.5. The first kappa shape index (κ1) is 13.9. The summed E-state index contributed by atoms with van der Waals surface area (Å²) in [5, 5.41) is 0. The van der Waals surface area contributed by atoms with Crippen LogP contribution in [0.15, 0.2) is 23.1 Å². The third-order valence-electron chi connectivity index (χ3n) is 3.80. The molecule has 7 nitrogen and oxygen atoms in total. The molecule has 1 heterocycles. The lowest BCUT2D eigenvalue weighted by atomic mass is 10.2. The van der Waals surface area contributed by atoms with Crippen LogP contribution in [0.5, 0.6) is 0 Å². The second-order valence-electron chi connectivity index (χ2n) is 5.31. The number of benzene rings is 1. The van der Waals surface area contributed by atoms with Crippen molar-refractivity contribution in [2.75, 3.05) is 19.3 Å². The number of sulfonamides is 1. The van der Waals surface area contributed by atoms with E-state index in [1.54, 1.807) is 7.05 Å². The summed E-state index contributed by atoms with van der Waals surface area (Å²) in [5.41, 5.74) is 5.89. The SMILES string of the molecule is CN(C(=O)CN1C(=O)c2ccc(N)cc2S1(=O)=O)C1CC1. The summed E-state index contributed by atoms with van der Waals surface area (Å²) < 4.78 is 25.4. The molecule has 0 unspecified atom stereocenters. The fourth-order valence-corrected chi connectivity index (χ4v) is 3.90. The average Bonchev–Trinajstić information content (AvgIpc) is 3.24. The predicted octanol–water partition coefficient (Wildman–Crippen LogP) is 0.0341. The van der Waals surface area contributed by atoms with Crippen molar-refractivity contribution in [2.24, 2.45) is 0 Å². The number of likely N-dealkylation sites (N-methyl/N-ethyl adjacent to an activating group) is 1. The van der Waals surface area contributed by atoms with Crippen LogP contribution < -0.4 is 5.73 Å². The zero-order valence-corrected chi connectivity index (χ0v) is 12.3. The molecule has 1 aliphatic carbocycles. The Hall–Kier alpha value is -2.09. The lowest BCUT2D eigenvalue weighted by Gasteiger charge is -2.20. The monoisotopic (exact) mass is 309 g/mol. The standard InChI is InChI=1S/C13H15N3O4S/c1-15(9-3-4-9)12(17)7-16-13(18)10-5-2-8(14)6-11(10)21(16,19)20/h2,5-6,9H,3-4,7,14H2,1H3. The molecule has 0 saturated heterocycles. The maximum atomic E-state index is 12.4. The molecule has 0 radical (unpaired) electrons. The number of nitrogen functional groups attached to an aromatic ring is 1. The molecule has 0 bridgehead atoms. The molecule has 2 aliphatic rings. The molecule has 2 amide bonds. The van der Waals surface area contributed by atoms with Gasteiger partial charge < -0.3 is 10.6 Å². The van der Waals surface area contributed by atoms with Gasteiger partial charge in [0, 0.05) is 18.8 Å². The van der Waals surface area contributed by atoms with Gasteiger partial charge >= 0.3 is 0 Å². The molecule has 2 N–H and O–H groups in total. The van der Waals surface area contributed by atoms with E-state index in [0.717, 1.165) is 12.8 Å². The quantitative estimate of drug-likeness (QED) is 0.794. The fraction of sp³-hybridized carbons (Fsp3) is 0.385. The fourth-order valence-electron chi connectivity index (χ4n) is 2.35. The lowest BCUT2D eigenvalue weighted by molar-refractivity contribution is -0.130. The molecule has 0 spiro atoms. The Morgan fingerprint density at radius 3 is 2.71 bits per heavy atom. The summed E-state index contributed by atoms with van der Waals surface area (Å²) in [6.07, 6.45) is 1.83. The van der Waals surface area contributed by atoms with Gasteiger partial charge in [0.25, 0.3) is 15.9 Å². The van der Waals surface area contributed by atoms with Crippen molar-refractivity contribution >= 4 is 27.5 Å². The van der Waals surface area contributed by atoms with E-state index in [2.05, 4.69) is 0 Å². The number of anilines is 1. The van der Waals surface area contributed by atoms with Gasteiger partial charge in [0.1, 0.15) is 11.4 Å². The molecule has 8 heteroatoms. The summed E-state index contributed by atoms with van der Waals surface area (Å²) in [6, 6.07) is 4.25. The Morgan fingerprint density at radius 2 is 2.10 bits per heavy atom. The number of rotatable bonds is 3. The number of hydrogen-bond acceptors (Lipinski definition) is 5. The Kier molecular flexibility index (Phi) is 2.94. The van der Waals surface area contributed by atoms with Crippen LogP contribution in [-0.4, -0.2) is 49.1 Å². The zero-order chi connectivity index (χ0) is 15.4. The van der Waals surface area contributed by atoms with E-state index < -0.39 is 22.5 Å². The molecule has 0 aromatic heterocycles. The van der Waals surface area contributed by atoms with Gasteiger partial charge in [0.15, 0.2) is 0 Å². The summed E-state index contributed by atoms with van der Waals surface area (Å²) in [7, 11) is -2.37. The van der Waals surface area contributed by atoms with Crippen molar-refractivity contribution in [3.63, 3.8) is 0 Å². The van der Waals surface area contributed by atoms with Crippen molar-refractivity contribution in [1.29, 1.82) is 0 Å². The minimum absolute atomic E-state index is 0.0612. The number of fused-ring (bicyclic) bond motifs is 1.